The van der Waals surface area contributed by atoms with Crippen molar-refractivity contribution < 1.29 is 0 Å². The second-order valence-corrected chi connectivity index (χ2v) is 5.71. The van der Waals surface area contributed by atoms with Gasteiger partial charge in [0.15, 0.2) is 0 Å². The van der Waals surface area contributed by atoms with Crippen LogP contribution >= 0.6 is 11.6 Å². The Morgan fingerprint density at radius 2 is 1.86 bits per heavy atom. The van der Waals surface area contributed by atoms with E-state index in [9.17, 15) is 0 Å². The van der Waals surface area contributed by atoms with Crippen LogP contribution in [0.25, 0.3) is 22.0 Å². The summed E-state index contributed by atoms with van der Waals surface area (Å²) < 4.78 is 0. The summed E-state index contributed by atoms with van der Waals surface area (Å²) in [5.41, 5.74) is 5.64. The summed E-state index contributed by atoms with van der Waals surface area (Å²) in [5.74, 6) is 0.674. The average Bonchev–Trinajstić information content (AvgIpc) is 2.53. The lowest BCUT2D eigenvalue weighted by molar-refractivity contribution is 0.893. The zero-order valence-corrected chi connectivity index (χ0v) is 12.3. The third-order valence-corrected chi connectivity index (χ3v) is 4.20. The summed E-state index contributed by atoms with van der Waals surface area (Å²) in [6.45, 7) is 0. The van der Waals surface area contributed by atoms with E-state index in [2.05, 4.69) is 47.8 Å². The lowest BCUT2D eigenvalue weighted by Gasteiger charge is -2.22. The van der Waals surface area contributed by atoms with Gasteiger partial charge in [0.05, 0.1) is 5.69 Å². The molecule has 2 nitrogen and oxygen atoms in total. The van der Waals surface area contributed by atoms with Crippen LogP contribution in [0, 0.1) is 0 Å². The topological polar surface area (TPSA) is 24.9 Å². The van der Waals surface area contributed by atoms with E-state index in [4.69, 9.17) is 16.6 Å². The van der Waals surface area contributed by atoms with Gasteiger partial charge in [-0.05, 0) is 36.4 Å². The summed E-state index contributed by atoms with van der Waals surface area (Å²) in [5, 5.41) is 5.96. The zero-order valence-electron chi connectivity index (χ0n) is 11.6. The maximum absolute atomic E-state index is 5.82. The zero-order chi connectivity index (χ0) is 14.2. The minimum atomic E-state index is 0.674. The smallest absolute Gasteiger partial charge is 0.0825 e. The number of halogens is 1. The van der Waals surface area contributed by atoms with Gasteiger partial charge in [0.1, 0.15) is 0 Å². The molecular formula is C18H15ClN2. The third-order valence-electron chi connectivity index (χ3n) is 3.93. The summed E-state index contributed by atoms with van der Waals surface area (Å²) in [6, 6.07) is 16.9. The highest BCUT2D eigenvalue weighted by molar-refractivity contribution is 6.17. The molecular weight excluding hydrogens is 280 g/mol. The number of hydrogen-bond acceptors (Lipinski definition) is 2. The van der Waals surface area contributed by atoms with Crippen molar-refractivity contribution in [1.29, 1.82) is 0 Å². The number of nitrogens with one attached hydrogen (secondary N) is 1. The molecule has 1 aromatic heterocycles. The molecule has 1 aliphatic rings. The van der Waals surface area contributed by atoms with Crippen molar-refractivity contribution in [3.8, 4) is 11.3 Å². The number of nitrogens with zero attached hydrogens (tertiary/aromatic N) is 1. The van der Waals surface area contributed by atoms with Crippen LogP contribution in [-0.4, -0.2) is 10.9 Å². The van der Waals surface area contributed by atoms with Crippen LogP contribution in [0.3, 0.4) is 0 Å². The van der Waals surface area contributed by atoms with Crippen molar-refractivity contribution in [3.63, 3.8) is 0 Å². The molecule has 2 heterocycles. The number of fused-ring (bicyclic) bond motifs is 2. The Hall–Kier alpha value is -2.06. The second kappa shape index (κ2) is 5.05. The largest absolute Gasteiger partial charge is 0.354 e. The molecule has 0 saturated heterocycles. The molecule has 0 fully saturated rings. The molecule has 3 heteroatoms. The lowest BCUT2D eigenvalue weighted by Crippen LogP contribution is -2.04. The van der Waals surface area contributed by atoms with Gasteiger partial charge in [0, 0.05) is 33.9 Å². The molecule has 104 valence electrons. The van der Waals surface area contributed by atoms with E-state index in [1.54, 1.807) is 0 Å². The van der Waals surface area contributed by atoms with Gasteiger partial charge in [-0.1, -0.05) is 30.3 Å². The third kappa shape index (κ3) is 2.07. The normalized spacial score (nSPS) is 12.0. The number of hydrogen-bond donors (Lipinski definition) is 1. The molecule has 2 aromatic carbocycles. The number of aryl methyl sites for hydroxylation is 1. The van der Waals surface area contributed by atoms with E-state index >= 15 is 0 Å². The highest BCUT2D eigenvalue weighted by atomic mass is 35.5. The van der Waals surface area contributed by atoms with E-state index in [0.29, 0.717) is 5.88 Å². The van der Waals surface area contributed by atoms with Gasteiger partial charge in [0.25, 0.3) is 0 Å². The van der Waals surface area contributed by atoms with Crippen molar-refractivity contribution in [2.75, 3.05) is 11.2 Å². The van der Waals surface area contributed by atoms with Gasteiger partial charge >= 0.3 is 0 Å². The Morgan fingerprint density at radius 3 is 2.76 bits per heavy atom. The fourth-order valence-corrected chi connectivity index (χ4v) is 3.12. The minimum Gasteiger partial charge on any atom is -0.354 e. The molecule has 0 spiro atoms. The van der Waals surface area contributed by atoms with Crippen molar-refractivity contribution >= 4 is 33.7 Å². The first-order valence-corrected chi connectivity index (χ1v) is 7.75. The van der Waals surface area contributed by atoms with Crippen molar-refractivity contribution in [1.82, 2.24) is 4.98 Å². The molecule has 1 aliphatic heterocycles. The number of anilines is 2. The summed E-state index contributed by atoms with van der Waals surface area (Å²) >= 11 is 5.82. The predicted octanol–water partition coefficient (Wildman–Crippen LogP) is 5.13. The van der Waals surface area contributed by atoms with Crippen molar-refractivity contribution in [3.05, 3.63) is 54.2 Å². The fourth-order valence-electron chi connectivity index (χ4n) is 2.98. The molecule has 4 rings (SSSR count). The highest BCUT2D eigenvalue weighted by Gasteiger charge is 2.19. The van der Waals surface area contributed by atoms with E-state index in [1.165, 1.54) is 16.3 Å². The number of benzene rings is 2. The van der Waals surface area contributed by atoms with Crippen LogP contribution in [0.5, 0.6) is 0 Å². The molecule has 0 radical (unpaired) electrons. The van der Waals surface area contributed by atoms with Crippen LogP contribution in [0.2, 0.25) is 0 Å². The van der Waals surface area contributed by atoms with Crippen LogP contribution in [0.4, 0.5) is 11.4 Å². The molecule has 0 atom stereocenters. The summed E-state index contributed by atoms with van der Waals surface area (Å²) in [6.07, 6.45) is 1.88. The first kappa shape index (κ1) is 12.7. The van der Waals surface area contributed by atoms with Gasteiger partial charge < -0.3 is 5.32 Å². The van der Waals surface area contributed by atoms with Gasteiger partial charge in [-0.25, -0.2) is 0 Å². The molecule has 0 saturated carbocycles. The molecule has 1 N–H and O–H groups in total. The van der Waals surface area contributed by atoms with Crippen LogP contribution in [0.15, 0.2) is 48.5 Å². The van der Waals surface area contributed by atoms with E-state index in [0.717, 1.165) is 35.6 Å². The maximum atomic E-state index is 5.82. The Balaban J connectivity index is 2.00. The number of pyridine rings is 1. The average molecular weight is 295 g/mol. The standard InChI is InChI=1S/C18H15ClN2/c19-10-4-6-13-11-12-5-3-9-16-17(12)18(20-13)14-7-1-2-8-15(14)21-16/h1-3,5,7-9,11,21H,4,6,10H2. The Labute approximate surface area is 128 Å². The molecule has 0 amide bonds. The number of alkyl halides is 1. The summed E-state index contributed by atoms with van der Waals surface area (Å²) in [4.78, 5) is 4.91. The molecule has 3 aromatic rings. The molecule has 0 bridgehead atoms. The van der Waals surface area contributed by atoms with Crippen molar-refractivity contribution in [2.24, 2.45) is 0 Å². The SMILES string of the molecule is ClCCCc1cc2cccc3c2c(n1)-c1ccccc1N3. The van der Waals surface area contributed by atoms with E-state index in [1.807, 2.05) is 6.07 Å². The first-order valence-electron chi connectivity index (χ1n) is 7.22. The van der Waals surface area contributed by atoms with Crippen LogP contribution < -0.4 is 5.32 Å². The maximum Gasteiger partial charge on any atom is 0.0825 e. The predicted molar refractivity (Wildman–Crippen MR) is 89.5 cm³/mol. The first-order chi connectivity index (χ1) is 10.4. The molecule has 0 aliphatic carbocycles. The number of rotatable bonds is 3. The highest BCUT2D eigenvalue weighted by Crippen LogP contribution is 2.42. The Bertz CT molecular complexity index is 827. The quantitative estimate of drug-likeness (QED) is 0.530. The van der Waals surface area contributed by atoms with Crippen molar-refractivity contribution in [2.45, 2.75) is 12.8 Å². The minimum absolute atomic E-state index is 0.674. The lowest BCUT2D eigenvalue weighted by atomic mass is 9.96. The van der Waals surface area contributed by atoms with Crippen LogP contribution in [-0.2, 0) is 6.42 Å². The van der Waals surface area contributed by atoms with Gasteiger partial charge in [-0.15, -0.1) is 11.6 Å². The summed E-state index contributed by atoms with van der Waals surface area (Å²) in [7, 11) is 0. The Kier molecular flexibility index (Phi) is 3.04. The fraction of sp³-hybridized carbons (Fsp3) is 0.167. The molecule has 21 heavy (non-hydrogen) atoms. The van der Waals surface area contributed by atoms with Gasteiger partial charge in [-0.3, -0.25) is 4.98 Å². The van der Waals surface area contributed by atoms with Crippen LogP contribution in [0.1, 0.15) is 12.1 Å². The van der Waals surface area contributed by atoms with E-state index in [-0.39, 0.29) is 0 Å². The van der Waals surface area contributed by atoms with Gasteiger partial charge in [0.2, 0.25) is 0 Å². The Morgan fingerprint density at radius 1 is 1.00 bits per heavy atom. The second-order valence-electron chi connectivity index (χ2n) is 5.33. The number of para-hydroxylation sites is 1. The molecule has 0 unspecified atom stereocenters. The monoisotopic (exact) mass is 294 g/mol. The van der Waals surface area contributed by atoms with E-state index < -0.39 is 0 Å². The number of aromatic nitrogens is 1. The van der Waals surface area contributed by atoms with Gasteiger partial charge in [-0.2, -0.15) is 0 Å².